The summed E-state index contributed by atoms with van der Waals surface area (Å²) in [5.74, 6) is -0.0977. The number of rotatable bonds is 2. The lowest BCUT2D eigenvalue weighted by Crippen LogP contribution is -2.26. The Hall–Kier alpha value is -1.84. The Labute approximate surface area is 129 Å². The van der Waals surface area contributed by atoms with Gasteiger partial charge in [0.15, 0.2) is 0 Å². The van der Waals surface area contributed by atoms with Gasteiger partial charge in [0.05, 0.1) is 10.7 Å². The summed E-state index contributed by atoms with van der Waals surface area (Å²) in [7, 11) is 0. The van der Waals surface area contributed by atoms with Crippen molar-refractivity contribution in [3.8, 4) is 0 Å². The number of carbonyl (C=O) groups excluding carboxylic acids is 1. The molecule has 0 radical (unpaired) electrons. The van der Waals surface area contributed by atoms with Gasteiger partial charge in [-0.15, -0.1) is 0 Å². The van der Waals surface area contributed by atoms with Crippen LogP contribution in [0.4, 0.5) is 5.69 Å². The van der Waals surface area contributed by atoms with Gasteiger partial charge in [-0.25, -0.2) is 0 Å². The predicted octanol–water partition coefficient (Wildman–Crippen LogP) is 3.55. The Bertz CT molecular complexity index is 697. The van der Waals surface area contributed by atoms with Crippen molar-refractivity contribution in [3.05, 3.63) is 63.7 Å². The zero-order valence-electron chi connectivity index (χ0n) is 11.9. The van der Waals surface area contributed by atoms with Crippen LogP contribution in [0.15, 0.2) is 36.4 Å². The summed E-state index contributed by atoms with van der Waals surface area (Å²) in [5, 5.41) is 6.80. The van der Waals surface area contributed by atoms with Crippen LogP contribution in [-0.4, -0.2) is 12.5 Å². The van der Waals surface area contributed by atoms with Gasteiger partial charge in [-0.1, -0.05) is 29.8 Å². The maximum Gasteiger partial charge on any atom is 0.255 e. The van der Waals surface area contributed by atoms with Crippen molar-refractivity contribution in [1.29, 1.82) is 0 Å². The molecule has 1 aliphatic heterocycles. The highest BCUT2D eigenvalue weighted by atomic mass is 35.5. The van der Waals surface area contributed by atoms with E-state index in [0.29, 0.717) is 10.7 Å². The largest absolute Gasteiger partial charge is 0.321 e. The number of aryl methyl sites for hydroxylation is 1. The van der Waals surface area contributed by atoms with Gasteiger partial charge >= 0.3 is 0 Å². The zero-order chi connectivity index (χ0) is 14.8. The van der Waals surface area contributed by atoms with E-state index in [1.807, 2.05) is 37.3 Å². The van der Waals surface area contributed by atoms with Crippen LogP contribution in [0.3, 0.4) is 0 Å². The molecule has 2 N–H and O–H groups in total. The first-order valence-corrected chi connectivity index (χ1v) is 7.42. The van der Waals surface area contributed by atoms with Crippen molar-refractivity contribution in [2.24, 2.45) is 0 Å². The van der Waals surface area contributed by atoms with E-state index in [0.717, 1.165) is 36.2 Å². The molecule has 1 heterocycles. The van der Waals surface area contributed by atoms with E-state index < -0.39 is 0 Å². The standard InChI is InChI=1S/C17H17ClN2O/c1-11-5-6-16(15(18)9-11)20-17(21)14-4-2-3-12-10-19-8-7-13(12)14/h2-6,9,19H,7-8,10H2,1H3,(H,20,21). The van der Waals surface area contributed by atoms with Crippen molar-refractivity contribution in [1.82, 2.24) is 5.32 Å². The third-order valence-electron chi connectivity index (χ3n) is 3.76. The number of hydrogen-bond acceptors (Lipinski definition) is 2. The number of halogens is 1. The molecule has 108 valence electrons. The summed E-state index contributed by atoms with van der Waals surface area (Å²) >= 11 is 6.18. The monoisotopic (exact) mass is 300 g/mol. The summed E-state index contributed by atoms with van der Waals surface area (Å²) in [4.78, 5) is 12.5. The van der Waals surface area contributed by atoms with Crippen LogP contribution in [0.25, 0.3) is 0 Å². The molecule has 0 fully saturated rings. The molecule has 2 aromatic carbocycles. The van der Waals surface area contributed by atoms with E-state index in [2.05, 4.69) is 16.7 Å². The first-order valence-electron chi connectivity index (χ1n) is 7.04. The summed E-state index contributed by atoms with van der Waals surface area (Å²) in [5.41, 5.74) is 4.80. The third-order valence-corrected chi connectivity index (χ3v) is 4.07. The SMILES string of the molecule is Cc1ccc(NC(=O)c2cccc3c2CCNC3)c(Cl)c1. The molecular formula is C17H17ClN2O. The lowest BCUT2D eigenvalue weighted by Gasteiger charge is -2.20. The Kier molecular flexibility index (Phi) is 3.95. The average Bonchev–Trinajstić information content (AvgIpc) is 2.49. The molecule has 0 aliphatic carbocycles. The molecule has 2 aromatic rings. The molecule has 21 heavy (non-hydrogen) atoms. The van der Waals surface area contributed by atoms with Crippen LogP contribution in [-0.2, 0) is 13.0 Å². The van der Waals surface area contributed by atoms with E-state index in [4.69, 9.17) is 11.6 Å². The summed E-state index contributed by atoms with van der Waals surface area (Å²) < 4.78 is 0. The highest BCUT2D eigenvalue weighted by Gasteiger charge is 2.17. The van der Waals surface area contributed by atoms with E-state index in [9.17, 15) is 4.79 Å². The molecule has 4 heteroatoms. The summed E-state index contributed by atoms with van der Waals surface area (Å²) in [6.07, 6.45) is 0.876. The lowest BCUT2D eigenvalue weighted by molar-refractivity contribution is 0.102. The molecule has 3 rings (SSSR count). The quantitative estimate of drug-likeness (QED) is 0.890. The van der Waals surface area contributed by atoms with Gasteiger partial charge in [-0.2, -0.15) is 0 Å². The molecule has 0 aromatic heterocycles. The van der Waals surface area contributed by atoms with Crippen molar-refractivity contribution < 1.29 is 4.79 Å². The predicted molar refractivity (Wildman–Crippen MR) is 86.0 cm³/mol. The highest BCUT2D eigenvalue weighted by molar-refractivity contribution is 6.34. The summed E-state index contributed by atoms with van der Waals surface area (Å²) in [6.45, 7) is 3.70. The second-order valence-electron chi connectivity index (χ2n) is 5.31. The number of nitrogens with one attached hydrogen (secondary N) is 2. The molecule has 1 aliphatic rings. The second-order valence-corrected chi connectivity index (χ2v) is 5.71. The molecule has 0 saturated carbocycles. The highest BCUT2D eigenvalue weighted by Crippen LogP contribution is 2.25. The first kappa shape index (κ1) is 14.1. The van der Waals surface area contributed by atoms with Crippen LogP contribution in [0.2, 0.25) is 5.02 Å². The van der Waals surface area contributed by atoms with E-state index >= 15 is 0 Å². The van der Waals surface area contributed by atoms with Gasteiger partial charge in [0.1, 0.15) is 0 Å². The first-order chi connectivity index (χ1) is 10.1. The molecular weight excluding hydrogens is 284 g/mol. The van der Waals surface area contributed by atoms with E-state index in [1.54, 1.807) is 0 Å². The van der Waals surface area contributed by atoms with Crippen LogP contribution in [0.5, 0.6) is 0 Å². The Morgan fingerprint density at radius 1 is 1.29 bits per heavy atom. The molecule has 0 bridgehead atoms. The molecule has 1 amide bonds. The van der Waals surface area contributed by atoms with Gasteiger partial charge < -0.3 is 10.6 Å². The minimum absolute atomic E-state index is 0.0977. The second kappa shape index (κ2) is 5.88. The number of amides is 1. The van der Waals surface area contributed by atoms with Gasteiger partial charge in [-0.3, -0.25) is 4.79 Å². The van der Waals surface area contributed by atoms with Gasteiger partial charge in [0, 0.05) is 12.1 Å². The fourth-order valence-corrected chi connectivity index (χ4v) is 2.94. The fraction of sp³-hybridized carbons (Fsp3) is 0.235. The Morgan fingerprint density at radius 3 is 2.95 bits per heavy atom. The number of hydrogen-bond donors (Lipinski definition) is 2. The minimum atomic E-state index is -0.0977. The third kappa shape index (κ3) is 2.94. The van der Waals surface area contributed by atoms with Crippen molar-refractivity contribution in [2.45, 2.75) is 19.9 Å². The molecule has 3 nitrogen and oxygen atoms in total. The van der Waals surface area contributed by atoms with Crippen LogP contribution >= 0.6 is 11.6 Å². The minimum Gasteiger partial charge on any atom is -0.321 e. The smallest absolute Gasteiger partial charge is 0.255 e. The van der Waals surface area contributed by atoms with E-state index in [-0.39, 0.29) is 5.91 Å². The maximum absolute atomic E-state index is 12.5. The Morgan fingerprint density at radius 2 is 2.14 bits per heavy atom. The van der Waals surface area contributed by atoms with Crippen molar-refractivity contribution in [2.75, 3.05) is 11.9 Å². The van der Waals surface area contributed by atoms with Crippen LogP contribution in [0, 0.1) is 6.92 Å². The normalized spacial score (nSPS) is 13.6. The van der Waals surface area contributed by atoms with Gasteiger partial charge in [-0.05, 0) is 54.8 Å². The van der Waals surface area contributed by atoms with Crippen molar-refractivity contribution >= 4 is 23.2 Å². The number of benzene rings is 2. The van der Waals surface area contributed by atoms with Gasteiger partial charge in [0.25, 0.3) is 5.91 Å². The fourth-order valence-electron chi connectivity index (χ4n) is 2.66. The van der Waals surface area contributed by atoms with Crippen LogP contribution in [0.1, 0.15) is 27.0 Å². The van der Waals surface area contributed by atoms with Gasteiger partial charge in [0.2, 0.25) is 0 Å². The van der Waals surface area contributed by atoms with Crippen molar-refractivity contribution in [3.63, 3.8) is 0 Å². The van der Waals surface area contributed by atoms with Crippen LogP contribution < -0.4 is 10.6 Å². The zero-order valence-corrected chi connectivity index (χ0v) is 12.6. The number of fused-ring (bicyclic) bond motifs is 1. The lowest BCUT2D eigenvalue weighted by atomic mass is 9.95. The molecule has 0 atom stereocenters. The van der Waals surface area contributed by atoms with E-state index in [1.165, 1.54) is 5.56 Å². The Balaban J connectivity index is 1.89. The molecule has 0 spiro atoms. The topological polar surface area (TPSA) is 41.1 Å². The molecule has 0 unspecified atom stereocenters. The number of anilines is 1. The number of carbonyl (C=O) groups is 1. The molecule has 0 saturated heterocycles. The maximum atomic E-state index is 12.5. The average molecular weight is 301 g/mol. The summed E-state index contributed by atoms with van der Waals surface area (Å²) in [6, 6.07) is 11.5.